The summed E-state index contributed by atoms with van der Waals surface area (Å²) in [6, 6.07) is 13.7. The third-order valence-electron chi connectivity index (χ3n) is 10.1. The van der Waals surface area contributed by atoms with Crippen LogP contribution in [0.3, 0.4) is 0 Å². The first kappa shape index (κ1) is 35.1. The minimum Gasteiger partial charge on any atom is -0.477 e. The SMILES string of the molecule is CC(C)[C@H]1NC(=O)[C@H]2N=C(O[C@@H]2C)[C@@H]2CCCN2C(=O)[C@H](Cc2ccccc2)NC(=O)[C@@H]2COC(=N2)[C@@H](Cc2ccccc2)NC(=O)[C@@H]2COC1=N2. The molecule has 1 fully saturated rings. The smallest absolute Gasteiger partial charge is 0.249 e. The van der Waals surface area contributed by atoms with Crippen LogP contribution in [0.15, 0.2) is 75.6 Å². The summed E-state index contributed by atoms with van der Waals surface area (Å²) in [6.45, 7) is 6.03. The number of fused-ring (bicyclic) bond motifs is 5. The molecule has 52 heavy (non-hydrogen) atoms. The monoisotopic (exact) mass is 711 g/mol. The normalized spacial score (nSPS) is 30.8. The Balaban J connectivity index is 1.24. The molecule has 274 valence electrons. The number of nitrogens with zero attached hydrogens (tertiary/aromatic N) is 4. The highest BCUT2D eigenvalue weighted by Gasteiger charge is 2.45. The molecule has 2 aromatic carbocycles. The van der Waals surface area contributed by atoms with Crippen LogP contribution in [0.4, 0.5) is 0 Å². The summed E-state index contributed by atoms with van der Waals surface area (Å²) in [7, 11) is 0. The Morgan fingerprint density at radius 3 is 1.94 bits per heavy atom. The number of carbonyl (C=O) groups excluding carboxylic acids is 4. The van der Waals surface area contributed by atoms with Crippen LogP contribution in [0.1, 0.15) is 44.7 Å². The maximum Gasteiger partial charge on any atom is 0.249 e. The topological polar surface area (TPSA) is 172 Å². The standard InChI is InChI=1S/C38H45N7O7/c1-21(2)30-37-42-28(20-51-37)32(46)39-25(17-23-11-6-4-7-12-23)35-41-27(19-50-35)33(47)40-26(18-24-13-8-5-9-14-24)38(49)45-16-10-15-29(45)36-44-31(22(3)52-36)34(48)43-30/h4-9,11-14,21-22,25-31H,10,15-20H2,1-3H3,(H,39,46)(H,40,47)(H,43,48)/t22-,25-,26+,27+,28+,29+,30-,31+/m1/s1. The van der Waals surface area contributed by atoms with Gasteiger partial charge >= 0.3 is 0 Å². The van der Waals surface area contributed by atoms with E-state index in [9.17, 15) is 19.2 Å². The Morgan fingerprint density at radius 1 is 0.731 bits per heavy atom. The Bertz CT molecular complexity index is 1760. The molecule has 5 heterocycles. The van der Waals surface area contributed by atoms with E-state index < -0.39 is 60.2 Å². The van der Waals surface area contributed by atoms with E-state index in [4.69, 9.17) is 19.2 Å². The van der Waals surface area contributed by atoms with Crippen molar-refractivity contribution in [2.45, 2.75) is 94.9 Å². The lowest BCUT2D eigenvalue weighted by atomic mass is 10.0. The van der Waals surface area contributed by atoms with E-state index in [1.165, 1.54) is 0 Å². The van der Waals surface area contributed by atoms with Crippen molar-refractivity contribution in [1.82, 2.24) is 20.9 Å². The zero-order valence-electron chi connectivity index (χ0n) is 29.6. The van der Waals surface area contributed by atoms with Gasteiger partial charge in [0, 0.05) is 19.4 Å². The van der Waals surface area contributed by atoms with Crippen LogP contribution in [0.5, 0.6) is 0 Å². The Morgan fingerprint density at radius 2 is 1.31 bits per heavy atom. The van der Waals surface area contributed by atoms with Crippen LogP contribution in [-0.4, -0.2) is 114 Å². The van der Waals surface area contributed by atoms with E-state index in [0.717, 1.165) is 11.1 Å². The molecule has 1 saturated heterocycles. The average molecular weight is 712 g/mol. The van der Waals surface area contributed by atoms with Crippen molar-refractivity contribution < 1.29 is 33.4 Å². The van der Waals surface area contributed by atoms with Crippen LogP contribution >= 0.6 is 0 Å². The van der Waals surface area contributed by atoms with Gasteiger partial charge in [-0.3, -0.25) is 19.2 Å². The van der Waals surface area contributed by atoms with E-state index in [1.54, 1.807) is 11.8 Å². The van der Waals surface area contributed by atoms with Crippen LogP contribution in [0, 0.1) is 5.92 Å². The first-order chi connectivity index (χ1) is 25.1. The molecule has 8 atom stereocenters. The fraction of sp³-hybridized carbons (Fsp3) is 0.500. The second-order valence-corrected chi connectivity index (χ2v) is 14.2. The summed E-state index contributed by atoms with van der Waals surface area (Å²) >= 11 is 0. The molecular weight excluding hydrogens is 666 g/mol. The van der Waals surface area contributed by atoms with Crippen LogP contribution in [0.2, 0.25) is 0 Å². The largest absolute Gasteiger partial charge is 0.477 e. The lowest BCUT2D eigenvalue weighted by Gasteiger charge is -2.29. The van der Waals surface area contributed by atoms with E-state index in [1.807, 2.05) is 74.5 Å². The highest BCUT2D eigenvalue weighted by atomic mass is 16.5. The number of aliphatic imine (C=N–C) groups is 3. The minimum absolute atomic E-state index is 0.00370. The van der Waals surface area contributed by atoms with E-state index in [2.05, 4.69) is 25.9 Å². The van der Waals surface area contributed by atoms with Gasteiger partial charge < -0.3 is 35.1 Å². The number of nitrogens with one attached hydrogen (secondary N) is 3. The molecule has 5 aliphatic heterocycles. The second kappa shape index (κ2) is 15.1. The summed E-state index contributed by atoms with van der Waals surface area (Å²) in [4.78, 5) is 71.4. The zero-order chi connectivity index (χ0) is 36.4. The molecule has 14 heteroatoms. The molecule has 0 unspecified atom stereocenters. The fourth-order valence-corrected chi connectivity index (χ4v) is 7.25. The quantitative estimate of drug-likeness (QED) is 0.420. The summed E-state index contributed by atoms with van der Waals surface area (Å²) in [5.41, 5.74) is 1.80. The van der Waals surface area contributed by atoms with E-state index >= 15 is 0 Å². The number of benzene rings is 2. The second-order valence-electron chi connectivity index (χ2n) is 14.2. The molecule has 5 aliphatic rings. The predicted octanol–water partition coefficient (Wildman–Crippen LogP) is 1.37. The fourth-order valence-electron chi connectivity index (χ4n) is 7.25. The number of rotatable bonds is 5. The first-order valence-corrected chi connectivity index (χ1v) is 18.1. The van der Waals surface area contributed by atoms with Crippen LogP contribution < -0.4 is 16.0 Å². The van der Waals surface area contributed by atoms with Gasteiger partial charge in [-0.05, 0) is 36.8 Å². The molecule has 7 rings (SSSR count). The van der Waals surface area contributed by atoms with Crippen molar-refractivity contribution in [1.29, 1.82) is 0 Å². The highest BCUT2D eigenvalue weighted by Crippen LogP contribution is 2.27. The molecule has 0 radical (unpaired) electrons. The van der Waals surface area contributed by atoms with Crippen LogP contribution in [0.25, 0.3) is 0 Å². The van der Waals surface area contributed by atoms with E-state index in [-0.39, 0.29) is 49.2 Å². The van der Waals surface area contributed by atoms with Gasteiger partial charge in [-0.15, -0.1) is 0 Å². The number of ether oxygens (including phenoxy) is 3. The van der Waals surface area contributed by atoms with Crippen molar-refractivity contribution in [3.8, 4) is 0 Å². The number of amides is 4. The summed E-state index contributed by atoms with van der Waals surface area (Å²) < 4.78 is 18.1. The molecule has 0 spiro atoms. The molecule has 3 N–H and O–H groups in total. The van der Waals surface area contributed by atoms with Gasteiger partial charge in [-0.2, -0.15) is 0 Å². The molecular formula is C38H45N7O7. The predicted molar refractivity (Wildman–Crippen MR) is 192 cm³/mol. The minimum atomic E-state index is -0.938. The molecule has 0 aliphatic carbocycles. The van der Waals surface area contributed by atoms with Gasteiger partial charge in [0.1, 0.15) is 43.5 Å². The molecule has 4 amide bonds. The van der Waals surface area contributed by atoms with Gasteiger partial charge in [0.05, 0.1) is 0 Å². The number of hydrogen-bond acceptors (Lipinski definition) is 10. The Kier molecular flexibility index (Phi) is 10.2. The van der Waals surface area contributed by atoms with Crippen molar-refractivity contribution >= 4 is 41.3 Å². The average Bonchev–Trinajstić information content (AvgIpc) is 3.97. The molecule has 0 saturated carbocycles. The van der Waals surface area contributed by atoms with E-state index in [0.29, 0.717) is 31.7 Å². The maximum atomic E-state index is 14.4. The Labute approximate surface area is 302 Å². The molecule has 2 aromatic rings. The lowest BCUT2D eigenvalue weighted by Crippen LogP contribution is -2.54. The lowest BCUT2D eigenvalue weighted by molar-refractivity contribution is -0.136. The van der Waals surface area contributed by atoms with Crippen molar-refractivity contribution in [2.24, 2.45) is 20.9 Å². The third kappa shape index (κ3) is 7.51. The molecule has 6 bridgehead atoms. The summed E-state index contributed by atoms with van der Waals surface area (Å²) in [5, 5.41) is 9.03. The van der Waals surface area contributed by atoms with Gasteiger partial charge in [0.25, 0.3) is 0 Å². The van der Waals surface area contributed by atoms with Crippen molar-refractivity contribution in [3.05, 3.63) is 71.8 Å². The zero-order valence-corrected chi connectivity index (χ0v) is 29.6. The van der Waals surface area contributed by atoms with Crippen LogP contribution in [-0.2, 0) is 46.2 Å². The summed E-state index contributed by atoms with van der Waals surface area (Å²) in [5.74, 6) is -0.844. The van der Waals surface area contributed by atoms with Crippen molar-refractivity contribution in [3.63, 3.8) is 0 Å². The first-order valence-electron chi connectivity index (χ1n) is 18.1. The van der Waals surface area contributed by atoms with Gasteiger partial charge in [-0.25, -0.2) is 15.0 Å². The maximum absolute atomic E-state index is 14.4. The Hall–Kier alpha value is -5.27. The van der Waals surface area contributed by atoms with Gasteiger partial charge in [-0.1, -0.05) is 74.5 Å². The van der Waals surface area contributed by atoms with Gasteiger partial charge in [0.2, 0.25) is 41.3 Å². The summed E-state index contributed by atoms with van der Waals surface area (Å²) in [6.07, 6.45) is 1.33. The number of hydrogen-bond donors (Lipinski definition) is 3. The molecule has 14 nitrogen and oxygen atoms in total. The highest BCUT2D eigenvalue weighted by molar-refractivity contribution is 5.99. The van der Waals surface area contributed by atoms with Gasteiger partial charge in [0.15, 0.2) is 18.1 Å². The molecule has 0 aromatic heterocycles. The number of carbonyl (C=O) groups is 4. The third-order valence-corrected chi connectivity index (χ3v) is 10.1. The van der Waals surface area contributed by atoms with Crippen molar-refractivity contribution in [2.75, 3.05) is 19.8 Å².